The molecular weight excluding hydrogens is 340 g/mol. The fourth-order valence-electron chi connectivity index (χ4n) is 2.40. The number of hydrogen-bond acceptors (Lipinski definition) is 6. The summed E-state index contributed by atoms with van der Waals surface area (Å²) >= 11 is 0. The number of carboxylic acids is 2. The van der Waals surface area contributed by atoms with E-state index in [-0.39, 0.29) is 17.1 Å². The van der Waals surface area contributed by atoms with Crippen molar-refractivity contribution in [3.63, 3.8) is 0 Å². The lowest BCUT2D eigenvalue weighted by atomic mass is 10.1. The SMILES string of the molecule is NC(C(=O)O)c1ccccc1O.O=C(O)C(c1ccccc1O)N1CC1. The molecule has 26 heavy (non-hydrogen) atoms. The van der Waals surface area contributed by atoms with Crippen LogP contribution in [0.4, 0.5) is 0 Å². The summed E-state index contributed by atoms with van der Waals surface area (Å²) in [6.07, 6.45) is 0. The average Bonchev–Trinajstić information content (AvgIpc) is 3.42. The highest BCUT2D eigenvalue weighted by molar-refractivity contribution is 5.77. The Kier molecular flexibility index (Phi) is 6.16. The van der Waals surface area contributed by atoms with Crippen LogP contribution in [0.1, 0.15) is 23.2 Å². The highest BCUT2D eigenvalue weighted by atomic mass is 16.4. The van der Waals surface area contributed by atoms with Gasteiger partial charge in [0, 0.05) is 24.2 Å². The third kappa shape index (κ3) is 4.71. The minimum atomic E-state index is -1.16. The summed E-state index contributed by atoms with van der Waals surface area (Å²) in [6.45, 7) is 1.57. The standard InChI is InChI=1S/C10H11NO3.C8H9NO3/c12-8-4-2-1-3-7(8)9(10(13)14)11-5-6-11;9-7(8(11)12)5-3-1-2-4-6(5)10/h1-4,9,12H,5-6H2,(H,13,14);1-4,7,10H,9H2,(H,11,12). The Balaban J connectivity index is 0.000000190. The Morgan fingerprint density at radius 1 is 0.846 bits per heavy atom. The number of aliphatic carboxylic acids is 2. The maximum absolute atomic E-state index is 11.0. The first-order valence-corrected chi connectivity index (χ1v) is 7.84. The lowest BCUT2D eigenvalue weighted by molar-refractivity contribution is -0.141. The number of aromatic hydroxyl groups is 2. The van der Waals surface area contributed by atoms with Gasteiger partial charge in [-0.1, -0.05) is 36.4 Å². The van der Waals surface area contributed by atoms with Crippen LogP contribution in [0.5, 0.6) is 11.5 Å². The van der Waals surface area contributed by atoms with E-state index in [4.69, 9.17) is 15.9 Å². The van der Waals surface area contributed by atoms with Crippen LogP contribution in [0.15, 0.2) is 48.5 Å². The van der Waals surface area contributed by atoms with Crippen molar-refractivity contribution in [2.75, 3.05) is 13.1 Å². The van der Waals surface area contributed by atoms with Gasteiger partial charge in [0.05, 0.1) is 0 Å². The summed E-state index contributed by atoms with van der Waals surface area (Å²) in [4.78, 5) is 23.2. The van der Waals surface area contributed by atoms with Crippen molar-refractivity contribution >= 4 is 11.9 Å². The first-order chi connectivity index (χ1) is 12.3. The molecule has 2 aromatic carbocycles. The van der Waals surface area contributed by atoms with Gasteiger partial charge >= 0.3 is 11.9 Å². The third-order valence-corrected chi connectivity index (χ3v) is 3.85. The van der Waals surface area contributed by atoms with Gasteiger partial charge in [-0.2, -0.15) is 0 Å². The molecule has 1 aliphatic heterocycles. The molecule has 2 atom stereocenters. The second kappa shape index (κ2) is 8.32. The van der Waals surface area contributed by atoms with E-state index in [9.17, 15) is 19.8 Å². The number of phenols is 2. The molecule has 0 amide bonds. The maximum atomic E-state index is 11.0. The van der Waals surface area contributed by atoms with E-state index in [1.165, 1.54) is 18.2 Å². The van der Waals surface area contributed by atoms with E-state index >= 15 is 0 Å². The summed E-state index contributed by atoms with van der Waals surface area (Å²) in [6, 6.07) is 10.8. The topological polar surface area (TPSA) is 144 Å². The quantitative estimate of drug-likeness (QED) is 0.502. The van der Waals surface area contributed by atoms with Crippen molar-refractivity contribution in [2.45, 2.75) is 12.1 Å². The van der Waals surface area contributed by atoms with E-state index in [1.54, 1.807) is 35.2 Å². The molecule has 2 unspecified atom stereocenters. The number of carbonyl (C=O) groups is 2. The number of nitrogens with zero attached hydrogens (tertiary/aromatic N) is 1. The smallest absolute Gasteiger partial charge is 0.325 e. The molecule has 0 saturated carbocycles. The second-order valence-corrected chi connectivity index (χ2v) is 5.71. The van der Waals surface area contributed by atoms with E-state index in [1.807, 2.05) is 0 Å². The first-order valence-electron chi connectivity index (χ1n) is 7.84. The zero-order chi connectivity index (χ0) is 19.3. The van der Waals surface area contributed by atoms with Crippen LogP contribution in [0, 0.1) is 0 Å². The van der Waals surface area contributed by atoms with Gasteiger partial charge < -0.3 is 26.2 Å². The molecule has 0 aliphatic carbocycles. The van der Waals surface area contributed by atoms with Gasteiger partial charge in [0.2, 0.25) is 0 Å². The Morgan fingerprint density at radius 3 is 1.69 bits per heavy atom. The Hall–Kier alpha value is -3.10. The van der Waals surface area contributed by atoms with Crippen molar-refractivity contribution in [1.82, 2.24) is 4.90 Å². The molecular formula is C18H20N2O6. The number of carboxylic acid groups (broad SMARTS) is 2. The van der Waals surface area contributed by atoms with Gasteiger partial charge in [0.25, 0.3) is 0 Å². The lowest BCUT2D eigenvalue weighted by Crippen LogP contribution is -2.20. The van der Waals surface area contributed by atoms with Crippen LogP contribution in [0.3, 0.4) is 0 Å². The fourth-order valence-corrected chi connectivity index (χ4v) is 2.40. The van der Waals surface area contributed by atoms with Gasteiger partial charge in [-0.05, 0) is 12.1 Å². The minimum absolute atomic E-state index is 0.0480. The van der Waals surface area contributed by atoms with Gasteiger partial charge in [0.1, 0.15) is 23.6 Å². The summed E-state index contributed by atoms with van der Waals surface area (Å²) < 4.78 is 0. The van der Waals surface area contributed by atoms with Crippen LogP contribution >= 0.6 is 0 Å². The number of benzene rings is 2. The summed E-state index contributed by atoms with van der Waals surface area (Å²) in [7, 11) is 0. The number of nitrogens with two attached hydrogens (primary N) is 1. The molecule has 0 bridgehead atoms. The zero-order valence-corrected chi connectivity index (χ0v) is 13.8. The highest BCUT2D eigenvalue weighted by Crippen LogP contribution is 2.32. The second-order valence-electron chi connectivity index (χ2n) is 5.71. The van der Waals surface area contributed by atoms with Gasteiger partial charge in [-0.25, -0.2) is 0 Å². The van der Waals surface area contributed by atoms with Crippen LogP contribution < -0.4 is 5.73 Å². The molecule has 1 heterocycles. The summed E-state index contributed by atoms with van der Waals surface area (Å²) in [5.41, 5.74) is 5.98. The van der Waals surface area contributed by atoms with Crippen molar-refractivity contribution in [2.24, 2.45) is 5.73 Å². The monoisotopic (exact) mass is 360 g/mol. The first kappa shape index (κ1) is 19.2. The number of phenolic OH excluding ortho intramolecular Hbond substituents is 2. The van der Waals surface area contributed by atoms with E-state index in [0.717, 1.165) is 13.1 Å². The molecule has 1 fully saturated rings. The summed E-state index contributed by atoms with van der Waals surface area (Å²) in [5.74, 6) is -2.11. The van der Waals surface area contributed by atoms with Crippen molar-refractivity contribution in [3.8, 4) is 11.5 Å². The fraction of sp³-hybridized carbons (Fsp3) is 0.222. The maximum Gasteiger partial charge on any atom is 0.325 e. The van der Waals surface area contributed by atoms with E-state index < -0.39 is 24.0 Å². The van der Waals surface area contributed by atoms with Gasteiger partial charge in [-0.15, -0.1) is 0 Å². The molecule has 8 nitrogen and oxygen atoms in total. The van der Waals surface area contributed by atoms with Crippen LogP contribution in [0.2, 0.25) is 0 Å². The molecule has 0 radical (unpaired) electrons. The molecule has 1 saturated heterocycles. The van der Waals surface area contributed by atoms with Gasteiger partial charge in [-0.3, -0.25) is 14.5 Å². The predicted molar refractivity (Wildman–Crippen MR) is 92.7 cm³/mol. The van der Waals surface area contributed by atoms with Gasteiger partial charge in [0.15, 0.2) is 0 Å². The van der Waals surface area contributed by atoms with Crippen LogP contribution in [0.25, 0.3) is 0 Å². The minimum Gasteiger partial charge on any atom is -0.508 e. The molecule has 8 heteroatoms. The Morgan fingerprint density at radius 2 is 1.31 bits per heavy atom. The Labute approximate surface area is 149 Å². The number of hydrogen-bond donors (Lipinski definition) is 5. The normalized spacial score (nSPS) is 15.3. The van der Waals surface area contributed by atoms with Crippen LogP contribution in [-0.4, -0.2) is 50.4 Å². The Bertz CT molecular complexity index is 791. The van der Waals surface area contributed by atoms with Crippen molar-refractivity contribution in [3.05, 3.63) is 59.7 Å². The molecule has 0 aromatic heterocycles. The molecule has 138 valence electrons. The lowest BCUT2D eigenvalue weighted by Gasteiger charge is -2.14. The molecule has 1 aliphatic rings. The predicted octanol–water partition coefficient (Wildman–Crippen LogP) is 1.31. The van der Waals surface area contributed by atoms with Crippen molar-refractivity contribution < 1.29 is 30.0 Å². The third-order valence-electron chi connectivity index (χ3n) is 3.85. The average molecular weight is 360 g/mol. The van der Waals surface area contributed by atoms with E-state index in [2.05, 4.69) is 0 Å². The molecule has 3 rings (SSSR count). The molecule has 6 N–H and O–H groups in total. The molecule has 0 spiro atoms. The highest BCUT2D eigenvalue weighted by Gasteiger charge is 2.35. The van der Waals surface area contributed by atoms with E-state index in [0.29, 0.717) is 5.56 Å². The number of rotatable bonds is 5. The molecule has 2 aromatic rings. The van der Waals surface area contributed by atoms with Crippen molar-refractivity contribution in [1.29, 1.82) is 0 Å². The zero-order valence-electron chi connectivity index (χ0n) is 13.8. The summed E-state index contributed by atoms with van der Waals surface area (Å²) in [5, 5.41) is 36.2. The van der Waals surface area contributed by atoms with Crippen LogP contribution in [-0.2, 0) is 9.59 Å². The number of para-hydroxylation sites is 2. The largest absolute Gasteiger partial charge is 0.508 e.